The number of amides is 2. The number of methoxy groups -OCH3 is 1. The van der Waals surface area contributed by atoms with Gasteiger partial charge in [0.05, 0.1) is 25.5 Å². The van der Waals surface area contributed by atoms with Crippen molar-refractivity contribution in [2.75, 3.05) is 33.4 Å². The molecule has 0 unspecified atom stereocenters. The molecule has 1 aromatic heterocycles. The Morgan fingerprint density at radius 1 is 1.36 bits per heavy atom. The normalized spacial score (nSPS) is 27.3. The van der Waals surface area contributed by atoms with E-state index in [-0.39, 0.29) is 24.5 Å². The predicted octanol–water partition coefficient (Wildman–Crippen LogP) is 1.80. The zero-order valence-corrected chi connectivity index (χ0v) is 16.3. The number of hydrogen-bond acceptors (Lipinski definition) is 4. The van der Waals surface area contributed by atoms with Crippen LogP contribution in [0.1, 0.15) is 31.0 Å². The van der Waals surface area contributed by atoms with Crippen LogP contribution in [0.25, 0.3) is 10.9 Å². The van der Waals surface area contributed by atoms with E-state index in [2.05, 4.69) is 4.98 Å². The van der Waals surface area contributed by atoms with Gasteiger partial charge in [-0.15, -0.1) is 0 Å². The van der Waals surface area contributed by atoms with Crippen molar-refractivity contribution < 1.29 is 19.1 Å². The monoisotopic (exact) mass is 383 g/mol. The number of carbonyl (C=O) groups is 2. The highest BCUT2D eigenvalue weighted by molar-refractivity contribution is 6.00. The number of piperazine rings is 1. The van der Waals surface area contributed by atoms with Crippen LogP contribution in [0.4, 0.5) is 0 Å². The third kappa shape index (κ3) is 2.38. The van der Waals surface area contributed by atoms with Crippen LogP contribution in [-0.2, 0) is 26.3 Å². The second-order valence-corrected chi connectivity index (χ2v) is 8.08. The summed E-state index contributed by atoms with van der Waals surface area (Å²) in [6.07, 6.45) is 2.71. The van der Waals surface area contributed by atoms with Gasteiger partial charge in [-0.3, -0.25) is 9.59 Å². The Labute approximate surface area is 163 Å². The van der Waals surface area contributed by atoms with Crippen molar-refractivity contribution in [3.8, 4) is 5.75 Å². The van der Waals surface area contributed by atoms with E-state index in [9.17, 15) is 9.59 Å². The molecular weight excluding hydrogens is 358 g/mol. The molecule has 2 aromatic rings. The number of hydrogen-bond donors (Lipinski definition) is 1. The number of nitrogens with one attached hydrogen (secondary N) is 1. The summed E-state index contributed by atoms with van der Waals surface area (Å²) in [7, 11) is 1.65. The second-order valence-electron chi connectivity index (χ2n) is 8.08. The number of nitrogens with zero attached hydrogens (tertiary/aromatic N) is 2. The number of benzene rings is 1. The zero-order chi connectivity index (χ0) is 19.5. The maximum Gasteiger partial charge on any atom is 0.255 e. The fraction of sp³-hybridized carbons (Fsp3) is 0.524. The quantitative estimate of drug-likeness (QED) is 0.877. The van der Waals surface area contributed by atoms with E-state index in [1.165, 1.54) is 0 Å². The van der Waals surface area contributed by atoms with E-state index in [1.807, 2.05) is 25.1 Å². The van der Waals surface area contributed by atoms with E-state index in [4.69, 9.17) is 9.47 Å². The number of rotatable bonds is 3. The summed E-state index contributed by atoms with van der Waals surface area (Å²) >= 11 is 0. The smallest absolute Gasteiger partial charge is 0.255 e. The number of ether oxygens (including phenoxy) is 2. The van der Waals surface area contributed by atoms with E-state index in [0.717, 1.165) is 53.8 Å². The van der Waals surface area contributed by atoms with E-state index >= 15 is 0 Å². The molecule has 3 aliphatic heterocycles. The minimum atomic E-state index is -1.01. The number of fused-ring (bicyclic) bond motifs is 5. The van der Waals surface area contributed by atoms with Crippen LogP contribution in [0.15, 0.2) is 18.2 Å². The molecule has 1 N–H and O–H groups in total. The molecule has 0 radical (unpaired) electrons. The highest BCUT2D eigenvalue weighted by atomic mass is 16.5. The Hall–Kier alpha value is -2.54. The van der Waals surface area contributed by atoms with Gasteiger partial charge in [-0.25, -0.2) is 0 Å². The topological polar surface area (TPSA) is 74.9 Å². The van der Waals surface area contributed by atoms with Crippen molar-refractivity contribution in [2.45, 2.75) is 37.8 Å². The van der Waals surface area contributed by atoms with Crippen molar-refractivity contribution in [1.82, 2.24) is 14.8 Å². The maximum atomic E-state index is 13.6. The zero-order valence-electron chi connectivity index (χ0n) is 16.3. The average Bonchev–Trinajstić information content (AvgIpc) is 3.33. The average molecular weight is 383 g/mol. The van der Waals surface area contributed by atoms with Gasteiger partial charge in [0.1, 0.15) is 5.75 Å². The maximum absolute atomic E-state index is 13.6. The molecule has 7 heteroatoms. The van der Waals surface area contributed by atoms with Gasteiger partial charge in [-0.2, -0.15) is 0 Å². The van der Waals surface area contributed by atoms with Gasteiger partial charge in [0.25, 0.3) is 5.91 Å². The molecule has 148 valence electrons. The van der Waals surface area contributed by atoms with Crippen LogP contribution < -0.4 is 4.74 Å². The summed E-state index contributed by atoms with van der Waals surface area (Å²) in [5.41, 5.74) is 1.89. The van der Waals surface area contributed by atoms with Gasteiger partial charge in [-0.05, 0) is 49.9 Å². The summed E-state index contributed by atoms with van der Waals surface area (Å²) in [6, 6.07) is 5.88. The van der Waals surface area contributed by atoms with Crippen molar-refractivity contribution in [1.29, 1.82) is 0 Å². The molecule has 1 aromatic carbocycles. The molecular formula is C21H25N3O4. The Bertz CT molecular complexity index is 962. The lowest BCUT2D eigenvalue weighted by Crippen LogP contribution is -2.67. The molecule has 3 aliphatic rings. The summed E-state index contributed by atoms with van der Waals surface area (Å²) in [6.45, 7) is 3.78. The Morgan fingerprint density at radius 2 is 2.21 bits per heavy atom. The lowest BCUT2D eigenvalue weighted by molar-refractivity contribution is -0.167. The molecule has 28 heavy (non-hydrogen) atoms. The summed E-state index contributed by atoms with van der Waals surface area (Å²) in [5.74, 6) is 0.761. The molecule has 0 aliphatic carbocycles. The van der Waals surface area contributed by atoms with E-state index in [1.54, 1.807) is 16.9 Å². The van der Waals surface area contributed by atoms with Crippen LogP contribution in [0.3, 0.4) is 0 Å². The summed E-state index contributed by atoms with van der Waals surface area (Å²) in [4.78, 5) is 33.4. The van der Waals surface area contributed by atoms with Gasteiger partial charge in [0.15, 0.2) is 5.54 Å². The molecule has 2 saturated heterocycles. The molecule has 7 nitrogen and oxygen atoms in total. The number of carbonyl (C=O) groups excluding carboxylic acids is 2. The lowest BCUT2D eigenvalue weighted by atomic mass is 9.83. The standard InChI is InChI=1S/C21H25N3O4/c1-21-19-15(16-10-13(27-2)5-6-17(16)22-19)7-8-24(21)18(25)12-23(20(21)26)11-14-4-3-9-28-14/h5-6,10,14,22H,3-4,7-9,11-12H2,1-2H3/t14-,21+/m0/s1. The van der Waals surface area contributed by atoms with Crippen molar-refractivity contribution in [2.24, 2.45) is 0 Å². The van der Waals surface area contributed by atoms with Crippen LogP contribution in [-0.4, -0.2) is 66.1 Å². The first-order valence-electron chi connectivity index (χ1n) is 9.93. The van der Waals surface area contributed by atoms with Crippen molar-refractivity contribution in [3.05, 3.63) is 29.5 Å². The third-order valence-corrected chi connectivity index (χ3v) is 6.50. The fourth-order valence-electron chi connectivity index (χ4n) is 5.02. The summed E-state index contributed by atoms with van der Waals surface area (Å²) in [5, 5.41) is 1.06. The van der Waals surface area contributed by atoms with Gasteiger partial charge >= 0.3 is 0 Å². The second kappa shape index (κ2) is 6.24. The van der Waals surface area contributed by atoms with Gasteiger partial charge in [0, 0.05) is 30.6 Å². The van der Waals surface area contributed by atoms with E-state index < -0.39 is 5.54 Å². The minimum absolute atomic E-state index is 0.00184. The van der Waals surface area contributed by atoms with Crippen LogP contribution in [0.5, 0.6) is 5.75 Å². The number of aromatic nitrogens is 1. The van der Waals surface area contributed by atoms with E-state index in [0.29, 0.717) is 13.1 Å². The first-order chi connectivity index (χ1) is 13.5. The molecule has 2 atom stereocenters. The highest BCUT2D eigenvalue weighted by Gasteiger charge is 2.54. The van der Waals surface area contributed by atoms with Crippen molar-refractivity contribution in [3.63, 3.8) is 0 Å². The Morgan fingerprint density at radius 3 is 2.96 bits per heavy atom. The number of aromatic amines is 1. The van der Waals surface area contributed by atoms with Gasteiger partial charge < -0.3 is 24.3 Å². The highest BCUT2D eigenvalue weighted by Crippen LogP contribution is 2.42. The SMILES string of the molecule is COc1ccc2[nH]c3c(c2c1)CCN1C(=O)CN(C[C@@H]2CCCO2)C(=O)[C@@]31C. The minimum Gasteiger partial charge on any atom is -0.497 e. The van der Waals surface area contributed by atoms with Crippen LogP contribution in [0, 0.1) is 0 Å². The first kappa shape index (κ1) is 17.6. The first-order valence-corrected chi connectivity index (χ1v) is 9.93. The summed E-state index contributed by atoms with van der Waals surface area (Å²) < 4.78 is 11.1. The molecule has 5 rings (SSSR count). The van der Waals surface area contributed by atoms with Crippen LogP contribution >= 0.6 is 0 Å². The third-order valence-electron chi connectivity index (χ3n) is 6.50. The Balaban J connectivity index is 1.58. The molecule has 4 heterocycles. The van der Waals surface area contributed by atoms with Gasteiger partial charge in [0.2, 0.25) is 5.91 Å². The predicted molar refractivity (Wildman–Crippen MR) is 103 cm³/mol. The lowest BCUT2D eigenvalue weighted by Gasteiger charge is -2.49. The molecule has 2 amide bonds. The molecule has 0 bridgehead atoms. The molecule has 2 fully saturated rings. The molecule has 0 spiro atoms. The van der Waals surface area contributed by atoms with Gasteiger partial charge in [-0.1, -0.05) is 0 Å². The van der Waals surface area contributed by atoms with Crippen LogP contribution in [0.2, 0.25) is 0 Å². The number of H-pyrrole nitrogens is 1. The molecule has 0 saturated carbocycles. The van der Waals surface area contributed by atoms with Crippen molar-refractivity contribution >= 4 is 22.7 Å². The Kier molecular flexibility index (Phi) is 3.91. The largest absolute Gasteiger partial charge is 0.497 e. The fourth-order valence-corrected chi connectivity index (χ4v) is 5.02.